The highest BCUT2D eigenvalue weighted by atomic mass is 14.2. The molecular formula is C35H40. The SMILES string of the molecule is CCc1ccc(Cc2ccc(Cc3c(CC)cc(Cc4ccc(CC)cc4)c(C)c3C)cc2)cc1. The largest absolute Gasteiger partial charge is 0.0613 e. The van der Waals surface area contributed by atoms with Crippen LogP contribution in [0.3, 0.4) is 0 Å². The normalized spacial score (nSPS) is 11.1. The second kappa shape index (κ2) is 11.5. The Morgan fingerprint density at radius 2 is 0.800 bits per heavy atom. The first-order valence-electron chi connectivity index (χ1n) is 13.3. The van der Waals surface area contributed by atoms with Crippen molar-refractivity contribution in [2.45, 2.75) is 73.1 Å². The smallest absolute Gasteiger partial charge is 0.00203 e. The van der Waals surface area contributed by atoms with Crippen molar-refractivity contribution in [2.75, 3.05) is 0 Å². The predicted octanol–water partition coefficient (Wildman–Crippen LogP) is 8.76. The minimum Gasteiger partial charge on any atom is -0.0613 e. The number of benzene rings is 4. The molecule has 35 heavy (non-hydrogen) atoms. The molecule has 0 fully saturated rings. The Balaban J connectivity index is 1.51. The zero-order chi connectivity index (χ0) is 24.8. The Bertz CT molecular complexity index is 1240. The zero-order valence-electron chi connectivity index (χ0n) is 22.2. The third-order valence-electron chi connectivity index (χ3n) is 7.68. The lowest BCUT2D eigenvalue weighted by atomic mass is 9.86. The number of hydrogen-bond donors (Lipinski definition) is 0. The van der Waals surface area contributed by atoms with Gasteiger partial charge in [-0.2, -0.15) is 0 Å². The van der Waals surface area contributed by atoms with E-state index in [9.17, 15) is 0 Å². The molecule has 0 spiro atoms. The van der Waals surface area contributed by atoms with Crippen LogP contribution in [0, 0.1) is 13.8 Å². The molecule has 0 bridgehead atoms. The van der Waals surface area contributed by atoms with Crippen LogP contribution in [0.1, 0.15) is 82.0 Å². The molecule has 0 aliphatic carbocycles. The molecule has 0 saturated heterocycles. The van der Waals surface area contributed by atoms with Gasteiger partial charge in [-0.05, 0) is 114 Å². The topological polar surface area (TPSA) is 0 Å². The summed E-state index contributed by atoms with van der Waals surface area (Å²) in [4.78, 5) is 0. The maximum Gasteiger partial charge on any atom is -0.00203 e. The van der Waals surface area contributed by atoms with Gasteiger partial charge in [0.05, 0.1) is 0 Å². The standard InChI is InChI=1S/C35H40/c1-6-27-9-13-29(14-10-27)21-30-17-19-32(20-18-30)23-35-26(5)25(4)34(24-33(35)8-3)22-31-15-11-28(7-2)12-16-31/h9-20,24H,6-8,21-23H2,1-5H3. The lowest BCUT2D eigenvalue weighted by molar-refractivity contribution is 1.00. The fraction of sp³-hybridized carbons (Fsp3) is 0.314. The van der Waals surface area contributed by atoms with E-state index in [0.29, 0.717) is 0 Å². The van der Waals surface area contributed by atoms with Crippen molar-refractivity contribution in [1.82, 2.24) is 0 Å². The van der Waals surface area contributed by atoms with Gasteiger partial charge in [-0.1, -0.05) is 99.6 Å². The molecule has 4 rings (SSSR count). The molecule has 0 saturated carbocycles. The molecule has 0 amide bonds. The highest BCUT2D eigenvalue weighted by Crippen LogP contribution is 2.28. The Labute approximate surface area is 213 Å². The summed E-state index contributed by atoms with van der Waals surface area (Å²) < 4.78 is 0. The van der Waals surface area contributed by atoms with Crippen molar-refractivity contribution in [3.63, 3.8) is 0 Å². The van der Waals surface area contributed by atoms with E-state index in [1.165, 1.54) is 61.2 Å². The molecule has 0 atom stereocenters. The predicted molar refractivity (Wildman–Crippen MR) is 152 cm³/mol. The summed E-state index contributed by atoms with van der Waals surface area (Å²) in [6, 6.07) is 29.9. The van der Waals surface area contributed by atoms with E-state index < -0.39 is 0 Å². The van der Waals surface area contributed by atoms with Gasteiger partial charge < -0.3 is 0 Å². The van der Waals surface area contributed by atoms with Crippen LogP contribution >= 0.6 is 0 Å². The van der Waals surface area contributed by atoms with E-state index in [2.05, 4.69) is 113 Å². The Morgan fingerprint density at radius 3 is 1.23 bits per heavy atom. The number of hydrogen-bond acceptors (Lipinski definition) is 0. The molecule has 0 unspecified atom stereocenters. The molecule has 180 valence electrons. The highest BCUT2D eigenvalue weighted by Gasteiger charge is 2.13. The van der Waals surface area contributed by atoms with Gasteiger partial charge in [0.15, 0.2) is 0 Å². The Kier molecular flexibility index (Phi) is 8.24. The average Bonchev–Trinajstić information content (AvgIpc) is 2.90. The van der Waals surface area contributed by atoms with Crippen molar-refractivity contribution in [3.05, 3.63) is 140 Å². The van der Waals surface area contributed by atoms with Crippen LogP contribution in [-0.4, -0.2) is 0 Å². The summed E-state index contributed by atoms with van der Waals surface area (Å²) in [6.45, 7) is 11.3. The summed E-state index contributed by atoms with van der Waals surface area (Å²) >= 11 is 0. The molecule has 0 aliphatic rings. The molecular weight excluding hydrogens is 420 g/mol. The van der Waals surface area contributed by atoms with Gasteiger partial charge in [0.2, 0.25) is 0 Å². The van der Waals surface area contributed by atoms with Crippen LogP contribution < -0.4 is 0 Å². The summed E-state index contributed by atoms with van der Waals surface area (Å²) in [5.41, 5.74) is 15.8. The summed E-state index contributed by atoms with van der Waals surface area (Å²) in [5, 5.41) is 0. The van der Waals surface area contributed by atoms with Crippen LogP contribution in [0.4, 0.5) is 0 Å². The van der Waals surface area contributed by atoms with Gasteiger partial charge in [-0.15, -0.1) is 0 Å². The maximum atomic E-state index is 2.47. The minimum absolute atomic E-state index is 0.997. The van der Waals surface area contributed by atoms with Crippen LogP contribution in [0.2, 0.25) is 0 Å². The summed E-state index contributed by atoms with van der Waals surface area (Å²) in [5.74, 6) is 0. The molecule has 0 heteroatoms. The van der Waals surface area contributed by atoms with Crippen LogP contribution in [-0.2, 0) is 38.5 Å². The fourth-order valence-electron chi connectivity index (χ4n) is 5.08. The van der Waals surface area contributed by atoms with Gasteiger partial charge in [0.25, 0.3) is 0 Å². The molecule has 0 N–H and O–H groups in total. The second-order valence-electron chi connectivity index (χ2n) is 9.96. The Hall–Kier alpha value is -3.12. The van der Waals surface area contributed by atoms with Crippen molar-refractivity contribution in [2.24, 2.45) is 0 Å². The first kappa shape index (κ1) is 25.0. The summed E-state index contributed by atoms with van der Waals surface area (Å²) in [7, 11) is 0. The van der Waals surface area contributed by atoms with E-state index in [4.69, 9.17) is 0 Å². The molecule has 4 aromatic carbocycles. The van der Waals surface area contributed by atoms with E-state index in [-0.39, 0.29) is 0 Å². The van der Waals surface area contributed by atoms with E-state index >= 15 is 0 Å². The van der Waals surface area contributed by atoms with Crippen molar-refractivity contribution in [3.8, 4) is 0 Å². The van der Waals surface area contributed by atoms with Crippen molar-refractivity contribution < 1.29 is 0 Å². The molecule has 0 heterocycles. The second-order valence-corrected chi connectivity index (χ2v) is 9.96. The van der Waals surface area contributed by atoms with Gasteiger partial charge in [-0.25, -0.2) is 0 Å². The summed E-state index contributed by atoms with van der Waals surface area (Å²) in [6.07, 6.45) is 6.28. The minimum atomic E-state index is 0.997. The van der Waals surface area contributed by atoms with Crippen LogP contribution in [0.25, 0.3) is 0 Å². The molecule has 0 aromatic heterocycles. The number of rotatable bonds is 9. The van der Waals surface area contributed by atoms with Gasteiger partial charge in [0, 0.05) is 0 Å². The lowest BCUT2D eigenvalue weighted by Gasteiger charge is -2.19. The third-order valence-corrected chi connectivity index (χ3v) is 7.68. The van der Waals surface area contributed by atoms with Crippen molar-refractivity contribution >= 4 is 0 Å². The zero-order valence-corrected chi connectivity index (χ0v) is 22.2. The third kappa shape index (κ3) is 6.12. The van der Waals surface area contributed by atoms with Gasteiger partial charge in [-0.3, -0.25) is 0 Å². The van der Waals surface area contributed by atoms with Gasteiger partial charge in [0.1, 0.15) is 0 Å². The fourth-order valence-corrected chi connectivity index (χ4v) is 5.08. The van der Waals surface area contributed by atoms with Crippen LogP contribution in [0.15, 0.2) is 78.9 Å². The molecule has 0 radical (unpaired) electrons. The Morgan fingerprint density at radius 1 is 0.400 bits per heavy atom. The highest BCUT2D eigenvalue weighted by molar-refractivity contribution is 5.49. The van der Waals surface area contributed by atoms with E-state index in [1.807, 2.05) is 0 Å². The quantitative estimate of drug-likeness (QED) is 0.234. The first-order chi connectivity index (χ1) is 17.0. The number of aryl methyl sites for hydroxylation is 3. The van der Waals surface area contributed by atoms with E-state index in [0.717, 1.165) is 38.5 Å². The molecule has 0 nitrogen and oxygen atoms in total. The first-order valence-corrected chi connectivity index (χ1v) is 13.3. The molecule has 4 aromatic rings. The lowest BCUT2D eigenvalue weighted by Crippen LogP contribution is -2.05. The maximum absolute atomic E-state index is 2.47. The average molecular weight is 461 g/mol. The monoisotopic (exact) mass is 460 g/mol. The van der Waals surface area contributed by atoms with Crippen molar-refractivity contribution in [1.29, 1.82) is 0 Å². The van der Waals surface area contributed by atoms with Gasteiger partial charge >= 0.3 is 0 Å². The van der Waals surface area contributed by atoms with E-state index in [1.54, 1.807) is 0 Å². The van der Waals surface area contributed by atoms with Crippen LogP contribution in [0.5, 0.6) is 0 Å². The molecule has 0 aliphatic heterocycles.